The van der Waals surface area contributed by atoms with E-state index >= 15 is 0 Å². The van der Waals surface area contributed by atoms with Crippen LogP contribution in [0.3, 0.4) is 0 Å². The van der Waals surface area contributed by atoms with E-state index in [0.29, 0.717) is 0 Å². The average molecular weight is 420 g/mol. The molecule has 1 aromatic rings. The summed E-state index contributed by atoms with van der Waals surface area (Å²) >= 11 is 0. The summed E-state index contributed by atoms with van der Waals surface area (Å²) in [6, 6.07) is 7.04. The maximum Gasteiger partial charge on any atom is 0.330 e. The quantitative estimate of drug-likeness (QED) is 0.504. The number of rotatable bonds is 7. The minimum atomic E-state index is -1.82. The molecule has 0 radical (unpaired) electrons. The van der Waals surface area contributed by atoms with Crippen LogP contribution in [0.2, 0.25) is 0 Å². The highest BCUT2D eigenvalue weighted by molar-refractivity contribution is 5.99. The molecule has 5 unspecified atom stereocenters. The molecule has 5 atom stereocenters. The lowest BCUT2D eigenvalue weighted by Crippen LogP contribution is -2.68. The summed E-state index contributed by atoms with van der Waals surface area (Å²) in [6.07, 6.45) is -0.733. The number of carbonyl (C=O) groups excluding carboxylic acids is 2. The lowest BCUT2D eigenvalue weighted by molar-refractivity contribution is -0.171. The van der Waals surface area contributed by atoms with Gasteiger partial charge in [0.05, 0.1) is 24.1 Å². The van der Waals surface area contributed by atoms with E-state index in [0.717, 1.165) is 5.56 Å². The van der Waals surface area contributed by atoms with Gasteiger partial charge in [-0.1, -0.05) is 51.1 Å². The van der Waals surface area contributed by atoms with Gasteiger partial charge in [-0.05, 0) is 30.7 Å². The monoisotopic (exact) mass is 419 g/mol. The molecule has 30 heavy (non-hydrogen) atoms. The molecule has 0 saturated carbocycles. The van der Waals surface area contributed by atoms with Gasteiger partial charge in [-0.15, -0.1) is 0 Å². The minimum Gasteiger partial charge on any atom is -0.479 e. The van der Waals surface area contributed by atoms with Crippen LogP contribution in [0.1, 0.15) is 39.7 Å². The van der Waals surface area contributed by atoms with E-state index in [1.165, 1.54) is 11.8 Å². The number of likely N-dealkylation sites (tertiary alicyclic amines) is 1. The molecule has 8 heteroatoms. The summed E-state index contributed by atoms with van der Waals surface area (Å²) in [4.78, 5) is 40.3. The number of aliphatic hydroxyl groups excluding tert-OH is 1. The Labute approximate surface area is 177 Å². The Morgan fingerprint density at radius 1 is 1.20 bits per heavy atom. The molecular formula is C22H33N3O5. The molecule has 2 rings (SSSR count). The number of hydrogen-bond acceptors (Lipinski definition) is 6. The Kier molecular flexibility index (Phi) is 7.06. The van der Waals surface area contributed by atoms with Crippen molar-refractivity contribution in [1.29, 1.82) is 0 Å². The number of amides is 1. The number of carboxylic acids is 1. The van der Waals surface area contributed by atoms with Crippen molar-refractivity contribution < 1.29 is 24.6 Å². The number of carboxylic acid groups (broad SMARTS) is 1. The number of Topliss-reactive ketones (excluding diaryl/α,β-unsaturated/α-hetero) is 1. The van der Waals surface area contributed by atoms with Gasteiger partial charge < -0.3 is 26.6 Å². The van der Waals surface area contributed by atoms with Crippen LogP contribution in [-0.4, -0.2) is 63.0 Å². The average Bonchev–Trinajstić information content (AvgIpc) is 3.08. The van der Waals surface area contributed by atoms with E-state index < -0.39 is 52.7 Å². The van der Waals surface area contributed by atoms with Gasteiger partial charge >= 0.3 is 5.97 Å². The van der Waals surface area contributed by atoms with E-state index in [2.05, 4.69) is 0 Å². The molecule has 1 amide bonds. The smallest absolute Gasteiger partial charge is 0.330 e. The molecule has 1 fully saturated rings. The van der Waals surface area contributed by atoms with Crippen LogP contribution in [0.25, 0.3) is 0 Å². The highest BCUT2D eigenvalue weighted by Crippen LogP contribution is 2.48. The molecule has 1 aromatic carbocycles. The zero-order valence-corrected chi connectivity index (χ0v) is 18.0. The lowest BCUT2D eigenvalue weighted by Gasteiger charge is -2.48. The number of benzene rings is 1. The van der Waals surface area contributed by atoms with Crippen LogP contribution >= 0.6 is 0 Å². The summed E-state index contributed by atoms with van der Waals surface area (Å²) in [5.74, 6) is -3.40. The Bertz CT molecular complexity index is 790. The van der Waals surface area contributed by atoms with Crippen molar-refractivity contribution in [2.45, 2.75) is 64.3 Å². The van der Waals surface area contributed by atoms with Gasteiger partial charge in [-0.25, -0.2) is 4.79 Å². The molecule has 1 aliphatic rings. The summed E-state index contributed by atoms with van der Waals surface area (Å²) in [7, 11) is 0. The highest BCUT2D eigenvalue weighted by atomic mass is 16.4. The Balaban J connectivity index is 2.46. The highest BCUT2D eigenvalue weighted by Gasteiger charge is 2.65. The first kappa shape index (κ1) is 24.0. The normalized spacial score (nSPS) is 24.9. The largest absolute Gasteiger partial charge is 0.479 e. The maximum atomic E-state index is 13.3. The molecular weight excluding hydrogens is 386 g/mol. The van der Waals surface area contributed by atoms with Crippen LogP contribution in [0.4, 0.5) is 0 Å². The molecule has 6 N–H and O–H groups in total. The van der Waals surface area contributed by atoms with E-state index in [1.54, 1.807) is 20.8 Å². The summed E-state index contributed by atoms with van der Waals surface area (Å²) in [5, 5.41) is 20.1. The lowest BCUT2D eigenvalue weighted by atomic mass is 9.64. The fraction of sp³-hybridized carbons (Fsp3) is 0.591. The van der Waals surface area contributed by atoms with Crippen LogP contribution in [-0.2, 0) is 20.8 Å². The number of nitrogens with two attached hydrogens (primary N) is 2. The third kappa shape index (κ3) is 4.12. The number of hydrogen-bond donors (Lipinski definition) is 4. The second-order valence-electron chi connectivity index (χ2n) is 9.12. The molecule has 0 spiro atoms. The fourth-order valence-corrected chi connectivity index (χ4v) is 4.60. The minimum absolute atomic E-state index is 0.0772. The maximum absolute atomic E-state index is 13.3. The van der Waals surface area contributed by atoms with Crippen molar-refractivity contribution in [2.75, 3.05) is 6.54 Å². The van der Waals surface area contributed by atoms with Crippen LogP contribution in [0.5, 0.6) is 0 Å². The second-order valence-corrected chi connectivity index (χ2v) is 9.12. The summed E-state index contributed by atoms with van der Waals surface area (Å²) in [5.41, 5.74) is 10.1. The molecule has 8 nitrogen and oxygen atoms in total. The number of aliphatic carboxylic acids is 1. The molecule has 166 valence electrons. The molecule has 0 aromatic heterocycles. The molecule has 0 bridgehead atoms. The molecule has 1 aliphatic heterocycles. The summed E-state index contributed by atoms with van der Waals surface area (Å²) in [6.45, 7) is 6.51. The molecule has 1 saturated heterocycles. The van der Waals surface area contributed by atoms with Crippen molar-refractivity contribution in [3.8, 4) is 0 Å². The predicted molar refractivity (Wildman–Crippen MR) is 112 cm³/mol. The summed E-state index contributed by atoms with van der Waals surface area (Å²) < 4.78 is 0. The van der Waals surface area contributed by atoms with Crippen LogP contribution < -0.4 is 11.5 Å². The first-order valence-corrected chi connectivity index (χ1v) is 10.2. The predicted octanol–water partition coefficient (Wildman–Crippen LogP) is 0.552. The van der Waals surface area contributed by atoms with Gasteiger partial charge in [0.1, 0.15) is 0 Å². The van der Waals surface area contributed by atoms with Gasteiger partial charge in [0.15, 0.2) is 11.3 Å². The Morgan fingerprint density at radius 3 is 2.23 bits per heavy atom. The van der Waals surface area contributed by atoms with Gasteiger partial charge in [-0.2, -0.15) is 0 Å². The van der Waals surface area contributed by atoms with Crippen molar-refractivity contribution in [3.05, 3.63) is 35.9 Å². The number of nitrogens with zero attached hydrogens (tertiary/aromatic N) is 1. The molecule has 1 heterocycles. The van der Waals surface area contributed by atoms with Crippen molar-refractivity contribution in [3.63, 3.8) is 0 Å². The van der Waals surface area contributed by atoms with Crippen LogP contribution in [0.15, 0.2) is 30.3 Å². The molecule has 0 aliphatic carbocycles. The van der Waals surface area contributed by atoms with Crippen LogP contribution in [0, 0.1) is 11.3 Å². The standard InChI is InChI=1S/C22H33N3O5/c1-13(26)17(24)18(27)15-10-11-25(22(15,20(29)30)21(2,3)4)19(28)16(23)12-14-8-6-5-7-9-14/h5-9,13,15-17,26H,10-12,23-24H2,1-4H3,(H,29,30). The fourth-order valence-electron chi connectivity index (χ4n) is 4.60. The van der Waals surface area contributed by atoms with E-state index in [4.69, 9.17) is 11.5 Å². The second kappa shape index (κ2) is 8.83. The zero-order valence-electron chi connectivity index (χ0n) is 18.0. The third-order valence-electron chi connectivity index (χ3n) is 6.11. The topological polar surface area (TPSA) is 147 Å². The van der Waals surface area contributed by atoms with E-state index in [1.807, 2.05) is 30.3 Å². The van der Waals surface area contributed by atoms with Gasteiger partial charge in [0.2, 0.25) is 5.91 Å². The van der Waals surface area contributed by atoms with E-state index in [-0.39, 0.29) is 19.4 Å². The Morgan fingerprint density at radius 2 is 1.77 bits per heavy atom. The van der Waals surface area contributed by atoms with Gasteiger partial charge in [0, 0.05) is 6.54 Å². The van der Waals surface area contributed by atoms with Crippen molar-refractivity contribution >= 4 is 17.7 Å². The van der Waals surface area contributed by atoms with Gasteiger partial charge in [-0.3, -0.25) is 9.59 Å². The number of ketones is 1. The van der Waals surface area contributed by atoms with E-state index in [9.17, 15) is 24.6 Å². The third-order valence-corrected chi connectivity index (χ3v) is 6.11. The van der Waals surface area contributed by atoms with Gasteiger partial charge in [0.25, 0.3) is 0 Å². The zero-order chi connectivity index (χ0) is 22.9. The SMILES string of the molecule is CC(O)C(N)C(=O)C1CCN(C(=O)C(N)Cc2ccccc2)C1(C(=O)O)C(C)(C)C. The first-order valence-electron chi connectivity index (χ1n) is 10.2. The number of carbonyl (C=O) groups is 3. The Hall–Kier alpha value is -2.29. The van der Waals surface area contributed by atoms with Crippen molar-refractivity contribution in [2.24, 2.45) is 22.8 Å². The van der Waals surface area contributed by atoms with Crippen molar-refractivity contribution in [1.82, 2.24) is 4.90 Å². The number of aliphatic hydroxyl groups is 1. The first-order chi connectivity index (χ1) is 13.9.